The van der Waals surface area contributed by atoms with Crippen molar-refractivity contribution in [2.24, 2.45) is 0 Å². The zero-order chi connectivity index (χ0) is 86.9. The number of thiazole rings is 3. The van der Waals surface area contributed by atoms with Crippen LogP contribution in [-0.2, 0) is 32.1 Å². The van der Waals surface area contributed by atoms with Gasteiger partial charge in [0, 0.05) is 136 Å². The molecule has 0 radical (unpaired) electrons. The van der Waals surface area contributed by atoms with Crippen molar-refractivity contribution in [1.29, 1.82) is 0 Å². The van der Waals surface area contributed by atoms with Gasteiger partial charge in [0.15, 0.2) is 34.0 Å². The van der Waals surface area contributed by atoms with E-state index in [4.69, 9.17) is 23.2 Å². The smallest absolute Gasteiger partial charge is 0.199 e. The highest BCUT2D eigenvalue weighted by Gasteiger charge is 2.22. The molecule has 25 nitrogen and oxygen atoms in total. The second kappa shape index (κ2) is 42.7. The summed E-state index contributed by atoms with van der Waals surface area (Å²) >= 11 is 16.2. The molecule has 0 aliphatic rings. The van der Waals surface area contributed by atoms with Crippen molar-refractivity contribution >= 4 is 143 Å². The SMILES string of the molecule is CN(c1cncnc1)c1cc(Cl)cc(C(=O)Cc2nccs2)c1.CN(c1cncnc1)c1cc(F)cc(C(=O)Cc2ccc(F)cn2)c1.CN(c1cncnc1)c1cc(F)cc(C(=O)Cc2ncccc2F)c1.Cc1csc(CC(=O)c2cc(Cl)cc(N(C)c3cncnc3)c2)n1.Cc1nc(CC(=O)c2cc(F)cc(N(C)c3cncnc3)c2)sc1F. The van der Waals surface area contributed by atoms with Crippen LogP contribution >= 0.6 is 57.2 Å². The van der Waals surface area contributed by atoms with Gasteiger partial charge in [0.2, 0.25) is 0 Å². The molecule has 122 heavy (non-hydrogen) atoms. The lowest BCUT2D eigenvalue weighted by molar-refractivity contribution is 0.0982. The Morgan fingerprint density at radius 3 is 1.07 bits per heavy atom. The predicted octanol–water partition coefficient (Wildman–Crippen LogP) is 18.3. The second-order valence-electron chi connectivity index (χ2n) is 26.4. The summed E-state index contributed by atoms with van der Waals surface area (Å²) in [5.41, 5.74) is 9.94. The molecular weight excluding hydrogens is 1670 g/mol. The molecule has 0 N–H and O–H groups in total. The number of anilines is 10. The highest BCUT2D eigenvalue weighted by molar-refractivity contribution is 7.10. The molecule has 15 rings (SSSR count). The number of hydrogen-bond donors (Lipinski definition) is 0. The number of benzene rings is 5. The van der Waals surface area contributed by atoms with Crippen LogP contribution < -0.4 is 24.5 Å². The van der Waals surface area contributed by atoms with Gasteiger partial charge in [0.05, 0.1) is 140 Å². The number of ketones is 5. The lowest BCUT2D eigenvalue weighted by atomic mass is 10.0. The molecule has 10 aromatic heterocycles. The second-order valence-corrected chi connectivity index (χ2v) is 30.3. The van der Waals surface area contributed by atoms with Gasteiger partial charge in [-0.25, -0.2) is 86.7 Å². The van der Waals surface area contributed by atoms with Crippen LogP contribution in [0.25, 0.3) is 0 Å². The van der Waals surface area contributed by atoms with Crippen molar-refractivity contribution in [2.75, 3.05) is 59.7 Å². The van der Waals surface area contributed by atoms with Gasteiger partial charge < -0.3 is 24.5 Å². The van der Waals surface area contributed by atoms with E-state index in [9.17, 15) is 50.3 Å². The standard InChI is InChI=1S/2C18H14F2N4O.C17H15ClN4OS.C17H14F2N4OS.C16H13ClN4OS/c1-24(17-9-21-11-22-10-17)16-5-12(4-14(20)6-16)18(25)7-15-3-2-13(19)8-23-15;1-24(15-9-21-11-22-10-15)14-6-12(5-13(19)7-14)18(25)8-17-16(20)3-2-4-23-17;1-11-9-24-17(21-11)6-16(23)12-3-13(18)5-14(4-12)22(2)15-7-19-10-20-8-15;1-10-17(19)25-16(22-10)6-15(24)11-3-12(18)5-13(4-11)23(2)14-7-20-9-21-8-14;1-21(14-8-18-10-19-9-14)13-5-11(4-12(17)6-13)15(22)7-16-20-2-3-23-16/h2-6,8-11H,7H2,1H3;2-7,9-11H,8H2,1H3;3-5,7-10H,6H2,1-2H3;3-5,7-9H,6H2,1-2H3;2-6,8-10H,7H2,1H3. The van der Waals surface area contributed by atoms with Crippen LogP contribution in [0.4, 0.5) is 83.2 Å². The average molecular weight is 1740 g/mol. The fourth-order valence-corrected chi connectivity index (χ4v) is 14.0. The minimum atomic E-state index is -0.564. The number of halogens is 8. The molecule has 0 amide bonds. The van der Waals surface area contributed by atoms with E-state index >= 15 is 0 Å². The van der Waals surface area contributed by atoms with E-state index in [1.807, 2.05) is 53.7 Å². The predicted molar refractivity (Wildman–Crippen MR) is 457 cm³/mol. The Balaban J connectivity index is 0.000000149. The van der Waals surface area contributed by atoms with E-state index < -0.39 is 40.0 Å². The number of carbonyl (C=O) groups is 5. The fourth-order valence-electron chi connectivity index (χ4n) is 11.3. The molecule has 0 unspecified atom stereocenters. The highest BCUT2D eigenvalue weighted by atomic mass is 35.5. The van der Waals surface area contributed by atoms with Gasteiger partial charge in [0.1, 0.15) is 75.7 Å². The van der Waals surface area contributed by atoms with Crippen molar-refractivity contribution < 1.29 is 50.3 Å². The van der Waals surface area contributed by atoms with Gasteiger partial charge in [-0.2, -0.15) is 4.39 Å². The third-order valence-electron chi connectivity index (χ3n) is 17.8. The summed E-state index contributed by atoms with van der Waals surface area (Å²) in [5, 5.41) is 6.38. The lowest BCUT2D eigenvalue weighted by Gasteiger charge is -2.19. The number of hydrogen-bond acceptors (Lipinski definition) is 28. The van der Waals surface area contributed by atoms with Crippen LogP contribution in [0.15, 0.2) is 238 Å². The first kappa shape index (κ1) is 89.0. The van der Waals surface area contributed by atoms with Crippen molar-refractivity contribution in [3.05, 3.63) is 348 Å². The quantitative estimate of drug-likeness (QED) is 0.0379. The number of Topliss-reactive ketones (excluding diaryl/α,β-unsaturated/α-hetero) is 5. The van der Waals surface area contributed by atoms with Gasteiger partial charge in [-0.15, -0.1) is 22.7 Å². The summed E-state index contributed by atoms with van der Waals surface area (Å²) in [6.07, 6.45) is 27.7. The lowest BCUT2D eigenvalue weighted by Crippen LogP contribution is -2.13. The first-order chi connectivity index (χ1) is 58.7. The van der Waals surface area contributed by atoms with Gasteiger partial charge in [-0.3, -0.25) is 33.9 Å². The molecule has 618 valence electrons. The Hall–Kier alpha value is -13.8. The first-order valence-electron chi connectivity index (χ1n) is 36.4. The van der Waals surface area contributed by atoms with Crippen LogP contribution in [-0.4, -0.2) is 139 Å². The van der Waals surface area contributed by atoms with E-state index in [1.54, 1.807) is 146 Å². The van der Waals surface area contributed by atoms with Gasteiger partial charge in [0.25, 0.3) is 0 Å². The molecule has 0 bridgehead atoms. The van der Waals surface area contributed by atoms with Crippen LogP contribution in [0.2, 0.25) is 10.0 Å². The van der Waals surface area contributed by atoms with E-state index in [-0.39, 0.29) is 83.3 Å². The molecule has 0 atom stereocenters. The van der Waals surface area contributed by atoms with Crippen molar-refractivity contribution in [3.8, 4) is 0 Å². The first-order valence-corrected chi connectivity index (χ1v) is 39.7. The monoisotopic (exact) mass is 1740 g/mol. The normalized spacial score (nSPS) is 10.6. The van der Waals surface area contributed by atoms with Crippen molar-refractivity contribution in [2.45, 2.75) is 46.0 Å². The molecular formula is C86H70Cl2F6N20O5S3. The topological polar surface area (TPSA) is 295 Å². The van der Waals surface area contributed by atoms with Gasteiger partial charge >= 0.3 is 0 Å². The Morgan fingerprint density at radius 1 is 0.352 bits per heavy atom. The Bertz CT molecular complexity index is 6080. The number of aromatic nitrogens is 15. The van der Waals surface area contributed by atoms with E-state index in [0.29, 0.717) is 66.0 Å². The third kappa shape index (κ3) is 25.4. The summed E-state index contributed by atoms with van der Waals surface area (Å²) in [6.45, 7) is 3.45. The molecule has 0 aliphatic carbocycles. The summed E-state index contributed by atoms with van der Waals surface area (Å²) in [7, 11) is 8.91. The molecule has 0 fully saturated rings. The molecule has 0 saturated carbocycles. The zero-order valence-corrected chi connectivity index (χ0v) is 69.7. The van der Waals surface area contributed by atoms with Crippen molar-refractivity contribution in [1.82, 2.24) is 74.8 Å². The minimum absolute atomic E-state index is 0.00851. The molecule has 15 aromatic rings. The molecule has 0 aliphatic heterocycles. The molecule has 5 aromatic carbocycles. The summed E-state index contributed by atoms with van der Waals surface area (Å²) in [4.78, 5) is 131. The van der Waals surface area contributed by atoms with Gasteiger partial charge in [-0.1, -0.05) is 34.5 Å². The number of aryl methyl sites for hydroxylation is 2. The third-order valence-corrected chi connectivity index (χ3v) is 20.9. The number of pyridine rings is 2. The summed E-state index contributed by atoms with van der Waals surface area (Å²) in [5.74, 6) is -3.75. The molecule has 0 spiro atoms. The Labute approximate surface area is 717 Å². The molecule has 10 heterocycles. The Kier molecular flexibility index (Phi) is 31.2. The van der Waals surface area contributed by atoms with E-state index in [0.717, 1.165) is 68.1 Å². The van der Waals surface area contributed by atoms with E-state index in [1.165, 1.54) is 116 Å². The van der Waals surface area contributed by atoms with Crippen molar-refractivity contribution in [3.63, 3.8) is 0 Å². The maximum absolute atomic E-state index is 14.0. The van der Waals surface area contributed by atoms with Crippen LogP contribution in [0.5, 0.6) is 0 Å². The maximum atomic E-state index is 14.0. The number of rotatable bonds is 25. The maximum Gasteiger partial charge on any atom is 0.199 e. The number of nitrogens with zero attached hydrogens (tertiary/aromatic N) is 20. The fraction of sp³-hybridized carbons (Fsp3) is 0.140. The van der Waals surface area contributed by atoms with E-state index in [2.05, 4.69) is 74.8 Å². The van der Waals surface area contributed by atoms with Gasteiger partial charge in [-0.05, 0) is 129 Å². The largest absolute Gasteiger partial charge is 0.342 e. The summed E-state index contributed by atoms with van der Waals surface area (Å²) in [6, 6.07) is 28.0. The Morgan fingerprint density at radius 2 is 0.721 bits per heavy atom. The van der Waals surface area contributed by atoms with Crippen LogP contribution in [0, 0.1) is 48.1 Å². The molecule has 36 heteroatoms. The highest BCUT2D eigenvalue weighted by Crippen LogP contribution is 2.33. The van der Waals surface area contributed by atoms with Crippen LogP contribution in [0.1, 0.15) is 89.6 Å². The number of carbonyl (C=O) groups excluding carboxylic acids is 5. The molecule has 0 saturated heterocycles. The average Bonchev–Trinajstić information content (AvgIpc) is 1.16. The van der Waals surface area contributed by atoms with Crippen LogP contribution in [0.3, 0.4) is 0 Å². The summed E-state index contributed by atoms with van der Waals surface area (Å²) < 4.78 is 81.9. The minimum Gasteiger partial charge on any atom is -0.342 e. The zero-order valence-electron chi connectivity index (χ0n) is 65.8.